The lowest BCUT2D eigenvalue weighted by molar-refractivity contribution is 0.268. The molecule has 1 aliphatic rings. The van der Waals surface area contributed by atoms with Gasteiger partial charge in [0.05, 0.1) is 0 Å². The molecule has 0 amide bonds. The number of benzene rings is 1. The van der Waals surface area contributed by atoms with Crippen molar-refractivity contribution in [2.75, 3.05) is 0 Å². The second-order valence-corrected chi connectivity index (χ2v) is 4.61. The molecule has 1 aromatic carbocycles. The molecule has 0 N–H and O–H groups in total. The van der Waals surface area contributed by atoms with Crippen molar-refractivity contribution in [3.63, 3.8) is 0 Å². The van der Waals surface area contributed by atoms with E-state index in [1.54, 1.807) is 11.1 Å². The van der Waals surface area contributed by atoms with E-state index < -0.39 is 0 Å². The molecule has 0 bridgehead atoms. The van der Waals surface area contributed by atoms with Crippen molar-refractivity contribution >= 4 is 0 Å². The van der Waals surface area contributed by atoms with E-state index in [0.29, 0.717) is 5.41 Å². The number of fused-ring (bicyclic) bond motifs is 1. The minimum absolute atomic E-state index is 0.564. The molecular formula is C13H18. The normalized spacial score (nSPS) is 26.9. The molecule has 0 aliphatic heterocycles. The predicted molar refractivity (Wildman–Crippen MR) is 56.9 cm³/mol. The van der Waals surface area contributed by atoms with Gasteiger partial charge in [0, 0.05) is 0 Å². The van der Waals surface area contributed by atoms with Gasteiger partial charge in [-0.25, -0.2) is 0 Å². The van der Waals surface area contributed by atoms with Gasteiger partial charge >= 0.3 is 0 Å². The second kappa shape index (κ2) is 3.17. The Bertz CT molecular complexity index is 301. The van der Waals surface area contributed by atoms with E-state index in [-0.39, 0.29) is 0 Å². The van der Waals surface area contributed by atoms with Crippen LogP contribution in [-0.4, -0.2) is 0 Å². The van der Waals surface area contributed by atoms with Gasteiger partial charge in [0.15, 0.2) is 0 Å². The Kier molecular flexibility index (Phi) is 2.15. The predicted octanol–water partition coefficient (Wildman–Crippen LogP) is 3.59. The van der Waals surface area contributed by atoms with Gasteiger partial charge in [-0.1, -0.05) is 44.5 Å². The lowest BCUT2D eigenvalue weighted by atomic mass is 9.71. The second-order valence-electron chi connectivity index (χ2n) is 4.61. The van der Waals surface area contributed by atoms with Crippen molar-refractivity contribution < 1.29 is 0 Å². The van der Waals surface area contributed by atoms with E-state index in [1.807, 2.05) is 0 Å². The van der Waals surface area contributed by atoms with Gasteiger partial charge in [-0.3, -0.25) is 0 Å². The van der Waals surface area contributed by atoms with Crippen LogP contribution in [-0.2, 0) is 12.8 Å². The highest BCUT2D eigenvalue weighted by Gasteiger charge is 2.27. The fourth-order valence-electron chi connectivity index (χ4n) is 2.26. The van der Waals surface area contributed by atoms with Gasteiger partial charge in [-0.15, -0.1) is 0 Å². The van der Waals surface area contributed by atoms with E-state index in [9.17, 15) is 0 Å². The molecule has 0 radical (unpaired) electrons. The minimum Gasteiger partial charge on any atom is -0.0649 e. The maximum absolute atomic E-state index is 2.42. The minimum atomic E-state index is 0.564. The van der Waals surface area contributed by atoms with Crippen molar-refractivity contribution in [2.24, 2.45) is 5.41 Å². The molecule has 1 atom stereocenters. The van der Waals surface area contributed by atoms with Gasteiger partial charge in [-0.2, -0.15) is 0 Å². The molecule has 0 aromatic heterocycles. The molecule has 70 valence electrons. The maximum Gasteiger partial charge on any atom is -0.0222 e. The standard InChI is InChI=1S/C13H18/c1-3-13(2)9-8-11-6-4-5-7-12(11)10-13/h4-7H,3,8-10H2,1-2H3. The first-order valence-corrected chi connectivity index (χ1v) is 5.30. The van der Waals surface area contributed by atoms with E-state index in [2.05, 4.69) is 38.1 Å². The fraction of sp³-hybridized carbons (Fsp3) is 0.538. The molecule has 0 heterocycles. The molecular weight excluding hydrogens is 156 g/mol. The van der Waals surface area contributed by atoms with Crippen LogP contribution >= 0.6 is 0 Å². The Balaban J connectivity index is 2.29. The highest BCUT2D eigenvalue weighted by molar-refractivity contribution is 5.30. The molecule has 0 spiro atoms. The van der Waals surface area contributed by atoms with Crippen LogP contribution in [0.1, 0.15) is 37.8 Å². The average Bonchev–Trinajstić information content (AvgIpc) is 2.18. The van der Waals surface area contributed by atoms with Crippen molar-refractivity contribution in [2.45, 2.75) is 39.5 Å². The number of aryl methyl sites for hydroxylation is 1. The number of rotatable bonds is 1. The van der Waals surface area contributed by atoms with E-state index in [1.165, 1.54) is 25.7 Å². The summed E-state index contributed by atoms with van der Waals surface area (Å²) < 4.78 is 0. The summed E-state index contributed by atoms with van der Waals surface area (Å²) in [6.45, 7) is 4.73. The van der Waals surface area contributed by atoms with Crippen LogP contribution in [0.5, 0.6) is 0 Å². The quantitative estimate of drug-likeness (QED) is 0.610. The Morgan fingerprint density at radius 3 is 2.62 bits per heavy atom. The Labute approximate surface area is 81.0 Å². The third kappa shape index (κ3) is 1.63. The molecule has 0 heteroatoms. The summed E-state index contributed by atoms with van der Waals surface area (Å²) in [5.41, 5.74) is 3.72. The molecule has 0 nitrogen and oxygen atoms in total. The third-order valence-electron chi connectivity index (χ3n) is 3.59. The topological polar surface area (TPSA) is 0 Å². The molecule has 13 heavy (non-hydrogen) atoms. The average molecular weight is 174 g/mol. The van der Waals surface area contributed by atoms with Crippen molar-refractivity contribution in [1.29, 1.82) is 0 Å². The highest BCUT2D eigenvalue weighted by atomic mass is 14.3. The first-order valence-electron chi connectivity index (χ1n) is 5.30. The van der Waals surface area contributed by atoms with Crippen LogP contribution in [0.3, 0.4) is 0 Å². The number of hydrogen-bond donors (Lipinski definition) is 0. The van der Waals surface area contributed by atoms with Gasteiger partial charge in [0.2, 0.25) is 0 Å². The van der Waals surface area contributed by atoms with Crippen LogP contribution in [0.15, 0.2) is 24.3 Å². The zero-order valence-corrected chi connectivity index (χ0v) is 8.64. The highest BCUT2D eigenvalue weighted by Crippen LogP contribution is 2.37. The van der Waals surface area contributed by atoms with Crippen LogP contribution < -0.4 is 0 Å². The first-order chi connectivity index (χ1) is 6.23. The van der Waals surface area contributed by atoms with E-state index in [4.69, 9.17) is 0 Å². The summed E-state index contributed by atoms with van der Waals surface area (Å²) in [6, 6.07) is 8.90. The molecule has 1 aliphatic carbocycles. The fourth-order valence-corrected chi connectivity index (χ4v) is 2.26. The van der Waals surface area contributed by atoms with Gasteiger partial charge in [-0.05, 0) is 35.8 Å². The summed E-state index contributed by atoms with van der Waals surface area (Å²) in [6.07, 6.45) is 5.22. The van der Waals surface area contributed by atoms with Crippen molar-refractivity contribution in [3.8, 4) is 0 Å². The SMILES string of the molecule is CCC1(C)CCc2ccccc2C1. The lowest BCUT2D eigenvalue weighted by Gasteiger charge is -2.34. The molecule has 1 aromatic rings. The summed E-state index contributed by atoms with van der Waals surface area (Å²) >= 11 is 0. The molecule has 1 unspecified atom stereocenters. The summed E-state index contributed by atoms with van der Waals surface area (Å²) in [5.74, 6) is 0. The third-order valence-corrected chi connectivity index (χ3v) is 3.59. The molecule has 0 fully saturated rings. The Morgan fingerprint density at radius 2 is 1.92 bits per heavy atom. The lowest BCUT2D eigenvalue weighted by Crippen LogP contribution is -2.24. The van der Waals surface area contributed by atoms with Gasteiger partial charge in [0.25, 0.3) is 0 Å². The zero-order valence-electron chi connectivity index (χ0n) is 8.64. The monoisotopic (exact) mass is 174 g/mol. The zero-order chi connectivity index (χ0) is 9.31. The smallest absolute Gasteiger partial charge is 0.0222 e. The maximum atomic E-state index is 2.42. The van der Waals surface area contributed by atoms with Crippen LogP contribution in [0.2, 0.25) is 0 Å². The molecule has 0 saturated carbocycles. The summed E-state index contributed by atoms with van der Waals surface area (Å²) in [7, 11) is 0. The van der Waals surface area contributed by atoms with Gasteiger partial charge in [0.1, 0.15) is 0 Å². The Hall–Kier alpha value is -0.780. The Morgan fingerprint density at radius 1 is 1.23 bits per heavy atom. The van der Waals surface area contributed by atoms with E-state index >= 15 is 0 Å². The van der Waals surface area contributed by atoms with Crippen molar-refractivity contribution in [3.05, 3.63) is 35.4 Å². The van der Waals surface area contributed by atoms with Crippen molar-refractivity contribution in [1.82, 2.24) is 0 Å². The molecule has 2 rings (SSSR count). The largest absolute Gasteiger partial charge is 0.0649 e. The van der Waals surface area contributed by atoms with E-state index in [0.717, 1.165) is 0 Å². The van der Waals surface area contributed by atoms with Gasteiger partial charge < -0.3 is 0 Å². The summed E-state index contributed by atoms with van der Waals surface area (Å²) in [5, 5.41) is 0. The van der Waals surface area contributed by atoms with Crippen LogP contribution in [0.25, 0.3) is 0 Å². The molecule has 0 saturated heterocycles. The number of hydrogen-bond acceptors (Lipinski definition) is 0. The van der Waals surface area contributed by atoms with Crippen LogP contribution in [0.4, 0.5) is 0 Å². The van der Waals surface area contributed by atoms with Crippen LogP contribution in [0, 0.1) is 5.41 Å². The first kappa shape index (κ1) is 8.80. The summed E-state index contributed by atoms with van der Waals surface area (Å²) in [4.78, 5) is 0.